The number of piperidine rings is 1. The summed E-state index contributed by atoms with van der Waals surface area (Å²) in [4.78, 5) is 0. The average Bonchev–Trinajstić information content (AvgIpc) is 2.12. The molecular weight excluding hydrogens is 169 g/mol. The molecule has 1 nitrogen and oxygen atoms in total. The number of allylic oxidation sites excluding steroid dienone is 1. The van der Waals surface area contributed by atoms with Gasteiger partial charge in [0.05, 0.1) is 0 Å². The highest BCUT2D eigenvalue weighted by Crippen LogP contribution is 2.48. The second-order valence-electron chi connectivity index (χ2n) is 5.38. The summed E-state index contributed by atoms with van der Waals surface area (Å²) in [6, 6.07) is 0.615. The van der Waals surface area contributed by atoms with Crippen LogP contribution in [-0.4, -0.2) is 20.4 Å². The normalized spacial score (nSPS) is 38.6. The van der Waals surface area contributed by atoms with Gasteiger partial charge < -0.3 is 5.32 Å². The van der Waals surface area contributed by atoms with Crippen molar-refractivity contribution in [2.75, 3.05) is 6.54 Å². The van der Waals surface area contributed by atoms with E-state index in [1.54, 1.807) is 0 Å². The molecule has 1 heterocycles. The van der Waals surface area contributed by atoms with Gasteiger partial charge in [0.15, 0.2) is 0 Å². The highest BCUT2D eigenvalue weighted by atomic mass is 14.9. The van der Waals surface area contributed by atoms with E-state index in [1.807, 2.05) is 0 Å². The first-order valence-electron chi connectivity index (χ1n) is 5.82. The molecule has 80 valence electrons. The van der Waals surface area contributed by atoms with Gasteiger partial charge in [0, 0.05) is 6.04 Å². The van der Waals surface area contributed by atoms with Crippen molar-refractivity contribution < 1.29 is 0 Å². The fourth-order valence-electron chi connectivity index (χ4n) is 2.63. The van der Waals surface area contributed by atoms with Crippen molar-refractivity contribution in [1.29, 1.82) is 0 Å². The summed E-state index contributed by atoms with van der Waals surface area (Å²) < 4.78 is 0. The standard InChI is InChI=1S/C12H24BN/c1-8(2)9(3)12(13)6-7-14-11(5)10(12)4/h8,10-11,14H,3,6-7,13H2,1-2,4-5H3. The van der Waals surface area contributed by atoms with Gasteiger partial charge in [0.2, 0.25) is 0 Å². The van der Waals surface area contributed by atoms with Crippen LogP contribution in [0.25, 0.3) is 0 Å². The lowest BCUT2D eigenvalue weighted by atomic mass is 9.51. The van der Waals surface area contributed by atoms with E-state index in [4.69, 9.17) is 0 Å². The molecule has 0 amide bonds. The molecule has 1 rings (SSSR count). The largest absolute Gasteiger partial charge is 0.314 e. The van der Waals surface area contributed by atoms with Crippen LogP contribution in [0, 0.1) is 11.8 Å². The van der Waals surface area contributed by atoms with Crippen LogP contribution in [0.15, 0.2) is 12.2 Å². The molecule has 1 aliphatic heterocycles. The quantitative estimate of drug-likeness (QED) is 0.522. The minimum Gasteiger partial charge on any atom is -0.314 e. The Bertz CT molecular complexity index is 224. The van der Waals surface area contributed by atoms with Gasteiger partial charge in [-0.15, -0.1) is 0 Å². The molecule has 1 saturated heterocycles. The summed E-state index contributed by atoms with van der Waals surface area (Å²) in [5.74, 6) is 1.29. The molecular formula is C12H24BN. The summed E-state index contributed by atoms with van der Waals surface area (Å²) in [6.45, 7) is 14.6. The predicted octanol–water partition coefficient (Wildman–Crippen LogP) is 2.01. The van der Waals surface area contributed by atoms with Gasteiger partial charge in [-0.2, -0.15) is 0 Å². The van der Waals surface area contributed by atoms with Crippen LogP contribution >= 0.6 is 0 Å². The monoisotopic (exact) mass is 193 g/mol. The van der Waals surface area contributed by atoms with E-state index in [-0.39, 0.29) is 0 Å². The Morgan fingerprint density at radius 3 is 2.57 bits per heavy atom. The molecule has 3 atom stereocenters. The molecule has 0 radical (unpaired) electrons. The zero-order valence-corrected chi connectivity index (χ0v) is 10.4. The van der Waals surface area contributed by atoms with Crippen LogP contribution in [0.5, 0.6) is 0 Å². The molecule has 0 aromatic rings. The second kappa shape index (κ2) is 4.10. The van der Waals surface area contributed by atoms with Gasteiger partial charge in [-0.3, -0.25) is 0 Å². The lowest BCUT2D eigenvalue weighted by Crippen LogP contribution is -2.47. The SMILES string of the molecule is BC1(C(=C)C(C)C)CCNC(C)C1C. The Hall–Kier alpha value is -0.235. The van der Waals surface area contributed by atoms with Gasteiger partial charge in [-0.25, -0.2) is 0 Å². The third-order valence-electron chi connectivity index (χ3n) is 4.30. The maximum absolute atomic E-state index is 4.31. The molecule has 0 saturated carbocycles. The molecule has 0 aromatic carbocycles. The molecule has 0 aromatic heterocycles. The number of hydrogen-bond donors (Lipinski definition) is 1. The lowest BCUT2D eigenvalue weighted by molar-refractivity contribution is 0.252. The fraction of sp³-hybridized carbons (Fsp3) is 0.833. The van der Waals surface area contributed by atoms with Crippen molar-refractivity contribution in [1.82, 2.24) is 5.32 Å². The van der Waals surface area contributed by atoms with Crippen molar-refractivity contribution in [2.45, 2.75) is 45.5 Å². The summed E-state index contributed by atoms with van der Waals surface area (Å²) in [6.07, 6.45) is 1.23. The third kappa shape index (κ3) is 1.90. The van der Waals surface area contributed by atoms with E-state index >= 15 is 0 Å². The van der Waals surface area contributed by atoms with Crippen molar-refractivity contribution >= 4 is 7.85 Å². The van der Waals surface area contributed by atoms with E-state index in [9.17, 15) is 0 Å². The molecule has 0 aliphatic carbocycles. The van der Waals surface area contributed by atoms with Gasteiger partial charge >= 0.3 is 0 Å². The van der Waals surface area contributed by atoms with E-state index in [0.717, 1.165) is 6.54 Å². The minimum atomic E-state index is 0.332. The van der Waals surface area contributed by atoms with E-state index < -0.39 is 0 Å². The summed E-state index contributed by atoms with van der Waals surface area (Å²) in [5.41, 5.74) is 1.43. The maximum atomic E-state index is 4.31. The topological polar surface area (TPSA) is 12.0 Å². The molecule has 0 spiro atoms. The predicted molar refractivity (Wildman–Crippen MR) is 66.5 cm³/mol. The van der Waals surface area contributed by atoms with Gasteiger partial charge in [-0.05, 0) is 37.0 Å². The third-order valence-corrected chi connectivity index (χ3v) is 4.30. The summed E-state index contributed by atoms with van der Waals surface area (Å²) in [7, 11) is 2.39. The highest BCUT2D eigenvalue weighted by molar-refractivity contribution is 6.17. The number of hydrogen-bond acceptors (Lipinski definition) is 1. The van der Waals surface area contributed by atoms with Crippen LogP contribution in [0.2, 0.25) is 5.31 Å². The second-order valence-corrected chi connectivity index (χ2v) is 5.38. The Morgan fingerprint density at radius 2 is 2.07 bits per heavy atom. The summed E-state index contributed by atoms with van der Waals surface area (Å²) in [5, 5.41) is 3.87. The number of nitrogens with one attached hydrogen (secondary N) is 1. The first-order valence-corrected chi connectivity index (χ1v) is 5.82. The van der Waals surface area contributed by atoms with Crippen molar-refractivity contribution in [2.24, 2.45) is 11.8 Å². The van der Waals surface area contributed by atoms with Crippen LogP contribution in [-0.2, 0) is 0 Å². The smallest absolute Gasteiger partial charge is 0.115 e. The van der Waals surface area contributed by atoms with Gasteiger partial charge in [0.1, 0.15) is 7.85 Å². The van der Waals surface area contributed by atoms with Crippen LogP contribution in [0.4, 0.5) is 0 Å². The maximum Gasteiger partial charge on any atom is 0.115 e. The molecule has 2 heteroatoms. The van der Waals surface area contributed by atoms with Crippen LogP contribution < -0.4 is 5.32 Å². The highest BCUT2D eigenvalue weighted by Gasteiger charge is 2.39. The average molecular weight is 193 g/mol. The van der Waals surface area contributed by atoms with Gasteiger partial charge in [-0.1, -0.05) is 32.9 Å². The Labute approximate surface area is 89.8 Å². The van der Waals surface area contributed by atoms with E-state index in [1.165, 1.54) is 12.0 Å². The van der Waals surface area contributed by atoms with Crippen molar-refractivity contribution in [3.63, 3.8) is 0 Å². The first-order chi connectivity index (χ1) is 6.39. The minimum absolute atomic E-state index is 0.332. The molecule has 3 unspecified atom stereocenters. The van der Waals surface area contributed by atoms with Crippen molar-refractivity contribution in [3.8, 4) is 0 Å². The first kappa shape index (κ1) is 11.8. The Balaban J connectivity index is 2.85. The molecule has 0 bridgehead atoms. The van der Waals surface area contributed by atoms with E-state index in [0.29, 0.717) is 23.2 Å². The molecule has 1 N–H and O–H groups in total. The lowest BCUT2D eigenvalue weighted by Gasteiger charge is -2.47. The summed E-state index contributed by atoms with van der Waals surface area (Å²) >= 11 is 0. The molecule has 14 heavy (non-hydrogen) atoms. The zero-order valence-electron chi connectivity index (χ0n) is 10.4. The van der Waals surface area contributed by atoms with Crippen LogP contribution in [0.1, 0.15) is 34.1 Å². The zero-order chi connectivity index (χ0) is 10.9. The number of rotatable bonds is 2. The Kier molecular flexibility index (Phi) is 3.46. The fourth-order valence-corrected chi connectivity index (χ4v) is 2.63. The van der Waals surface area contributed by atoms with Gasteiger partial charge in [0.25, 0.3) is 0 Å². The van der Waals surface area contributed by atoms with Crippen LogP contribution in [0.3, 0.4) is 0 Å². The Morgan fingerprint density at radius 1 is 1.50 bits per heavy atom. The molecule has 1 fully saturated rings. The molecule has 1 aliphatic rings. The van der Waals surface area contributed by atoms with Crippen molar-refractivity contribution in [3.05, 3.63) is 12.2 Å². The van der Waals surface area contributed by atoms with E-state index in [2.05, 4.69) is 47.4 Å².